The average molecular weight is 244 g/mol. The highest BCUT2D eigenvalue weighted by Crippen LogP contribution is 2.56. The van der Waals surface area contributed by atoms with Gasteiger partial charge < -0.3 is 10.6 Å². The normalized spacial score (nSPS) is 29.5. The van der Waals surface area contributed by atoms with Crippen molar-refractivity contribution in [3.05, 3.63) is 24.3 Å². The van der Waals surface area contributed by atoms with E-state index in [-0.39, 0.29) is 11.8 Å². The maximum atomic E-state index is 12.5. The zero-order valence-electron chi connectivity index (χ0n) is 10.8. The molecule has 96 valence electrons. The van der Waals surface area contributed by atoms with Gasteiger partial charge in [0.05, 0.1) is 0 Å². The second-order valence-corrected chi connectivity index (χ2v) is 5.63. The predicted molar refractivity (Wildman–Crippen MR) is 73.2 cm³/mol. The van der Waals surface area contributed by atoms with E-state index in [0.29, 0.717) is 17.5 Å². The van der Waals surface area contributed by atoms with Gasteiger partial charge in [-0.25, -0.2) is 0 Å². The molecular weight excluding hydrogens is 224 g/mol. The van der Waals surface area contributed by atoms with E-state index in [2.05, 4.69) is 0 Å². The van der Waals surface area contributed by atoms with Crippen molar-refractivity contribution in [1.82, 2.24) is 0 Å². The molecule has 0 aromatic heterocycles. The van der Waals surface area contributed by atoms with Crippen LogP contribution in [0.15, 0.2) is 24.3 Å². The van der Waals surface area contributed by atoms with Gasteiger partial charge in [0.25, 0.3) is 0 Å². The number of hydrogen-bond donors (Lipinski definition) is 1. The summed E-state index contributed by atoms with van der Waals surface area (Å²) in [6.07, 6.45) is 5.08. The molecule has 3 heteroatoms. The first-order chi connectivity index (χ1) is 8.68. The number of anilines is 2. The molecule has 18 heavy (non-hydrogen) atoms. The largest absolute Gasteiger partial charge is 0.399 e. The van der Waals surface area contributed by atoms with Crippen LogP contribution < -0.4 is 10.6 Å². The zero-order chi connectivity index (χ0) is 12.7. The molecular formula is C15H20N2O. The summed E-state index contributed by atoms with van der Waals surface area (Å²) < 4.78 is 0. The highest BCUT2D eigenvalue weighted by Gasteiger charge is 2.55. The number of nitrogen functional groups attached to an aromatic ring is 1. The molecule has 2 aliphatic rings. The number of amides is 1. The zero-order valence-corrected chi connectivity index (χ0v) is 10.8. The Labute approximate surface area is 108 Å². The van der Waals surface area contributed by atoms with Crippen LogP contribution in [-0.4, -0.2) is 13.0 Å². The fourth-order valence-electron chi connectivity index (χ4n) is 3.44. The number of rotatable bonds is 2. The van der Waals surface area contributed by atoms with Gasteiger partial charge in [0.1, 0.15) is 0 Å². The van der Waals surface area contributed by atoms with E-state index >= 15 is 0 Å². The molecule has 0 spiro atoms. The lowest BCUT2D eigenvalue weighted by molar-refractivity contribution is -0.120. The van der Waals surface area contributed by atoms with Crippen LogP contribution in [0.3, 0.4) is 0 Å². The minimum atomic E-state index is 0.275. The summed E-state index contributed by atoms with van der Waals surface area (Å²) in [5.74, 6) is 1.88. The Kier molecular flexibility index (Phi) is 2.77. The summed E-state index contributed by atoms with van der Waals surface area (Å²) in [5.41, 5.74) is 7.38. The van der Waals surface area contributed by atoms with Crippen LogP contribution >= 0.6 is 0 Å². The third kappa shape index (κ3) is 1.88. The second kappa shape index (κ2) is 4.30. The van der Waals surface area contributed by atoms with E-state index in [1.54, 1.807) is 4.90 Å². The van der Waals surface area contributed by atoms with E-state index in [0.717, 1.165) is 5.69 Å². The van der Waals surface area contributed by atoms with Crippen LogP contribution in [0.25, 0.3) is 0 Å². The van der Waals surface area contributed by atoms with Crippen molar-refractivity contribution in [3.63, 3.8) is 0 Å². The van der Waals surface area contributed by atoms with Crippen molar-refractivity contribution < 1.29 is 4.79 Å². The lowest BCUT2D eigenvalue weighted by Gasteiger charge is -2.18. The Morgan fingerprint density at radius 2 is 1.94 bits per heavy atom. The number of benzene rings is 1. The van der Waals surface area contributed by atoms with E-state index in [4.69, 9.17) is 5.73 Å². The minimum Gasteiger partial charge on any atom is -0.399 e. The molecule has 2 saturated carbocycles. The molecule has 2 atom stereocenters. The van der Waals surface area contributed by atoms with Gasteiger partial charge >= 0.3 is 0 Å². The monoisotopic (exact) mass is 244 g/mol. The lowest BCUT2D eigenvalue weighted by Crippen LogP contribution is -2.28. The molecule has 2 unspecified atom stereocenters. The van der Waals surface area contributed by atoms with E-state index in [1.165, 1.54) is 25.7 Å². The van der Waals surface area contributed by atoms with Gasteiger partial charge in [-0.2, -0.15) is 0 Å². The molecule has 3 rings (SSSR count). The summed E-state index contributed by atoms with van der Waals surface area (Å²) in [7, 11) is 1.86. The number of nitrogens with zero attached hydrogens (tertiary/aromatic N) is 1. The summed E-state index contributed by atoms with van der Waals surface area (Å²) in [4.78, 5) is 14.2. The quantitative estimate of drug-likeness (QED) is 0.813. The van der Waals surface area contributed by atoms with E-state index in [1.807, 2.05) is 31.3 Å². The Balaban J connectivity index is 1.73. The van der Waals surface area contributed by atoms with Crippen molar-refractivity contribution in [2.24, 2.45) is 17.8 Å². The smallest absolute Gasteiger partial charge is 0.230 e. The Morgan fingerprint density at radius 1 is 1.28 bits per heavy atom. The molecule has 2 N–H and O–H groups in total. The summed E-state index contributed by atoms with van der Waals surface area (Å²) >= 11 is 0. The van der Waals surface area contributed by atoms with Crippen LogP contribution in [-0.2, 0) is 4.79 Å². The van der Waals surface area contributed by atoms with Crippen LogP contribution in [0.2, 0.25) is 0 Å². The Bertz CT molecular complexity index is 459. The molecule has 2 aliphatic carbocycles. The number of hydrogen-bond acceptors (Lipinski definition) is 2. The van der Waals surface area contributed by atoms with Gasteiger partial charge in [0.2, 0.25) is 5.91 Å². The number of fused-ring (bicyclic) bond motifs is 1. The maximum Gasteiger partial charge on any atom is 0.230 e. The van der Waals surface area contributed by atoms with Crippen molar-refractivity contribution >= 4 is 17.3 Å². The SMILES string of the molecule is CN(C(=O)C1C2CCCCC21)c1cccc(N)c1. The summed E-state index contributed by atoms with van der Waals surface area (Å²) in [6.45, 7) is 0. The van der Waals surface area contributed by atoms with Crippen molar-refractivity contribution in [3.8, 4) is 0 Å². The first-order valence-corrected chi connectivity index (χ1v) is 6.81. The van der Waals surface area contributed by atoms with E-state index in [9.17, 15) is 4.79 Å². The maximum absolute atomic E-state index is 12.5. The molecule has 0 saturated heterocycles. The van der Waals surface area contributed by atoms with Gasteiger partial charge in [-0.1, -0.05) is 18.9 Å². The lowest BCUT2D eigenvalue weighted by atomic mass is 10.0. The van der Waals surface area contributed by atoms with Crippen LogP contribution in [0.5, 0.6) is 0 Å². The molecule has 0 heterocycles. The summed E-state index contributed by atoms with van der Waals surface area (Å²) in [5, 5.41) is 0. The Morgan fingerprint density at radius 3 is 2.56 bits per heavy atom. The molecule has 0 aliphatic heterocycles. The second-order valence-electron chi connectivity index (χ2n) is 5.63. The van der Waals surface area contributed by atoms with E-state index < -0.39 is 0 Å². The summed E-state index contributed by atoms with van der Waals surface area (Å²) in [6, 6.07) is 7.55. The molecule has 1 amide bonds. The van der Waals surface area contributed by atoms with Crippen molar-refractivity contribution in [2.45, 2.75) is 25.7 Å². The van der Waals surface area contributed by atoms with Gasteiger partial charge in [-0.3, -0.25) is 4.79 Å². The van der Waals surface area contributed by atoms with Gasteiger partial charge in [-0.05, 0) is 42.9 Å². The highest BCUT2D eigenvalue weighted by molar-refractivity contribution is 5.97. The first-order valence-electron chi connectivity index (χ1n) is 6.81. The predicted octanol–water partition coefficient (Wildman–Crippen LogP) is 2.67. The highest BCUT2D eigenvalue weighted by atomic mass is 16.2. The van der Waals surface area contributed by atoms with Crippen LogP contribution in [0.1, 0.15) is 25.7 Å². The van der Waals surface area contributed by atoms with Crippen molar-refractivity contribution in [2.75, 3.05) is 17.7 Å². The fourth-order valence-corrected chi connectivity index (χ4v) is 3.44. The third-order valence-electron chi connectivity index (χ3n) is 4.53. The van der Waals surface area contributed by atoms with Gasteiger partial charge in [0, 0.05) is 24.3 Å². The van der Waals surface area contributed by atoms with Crippen LogP contribution in [0, 0.1) is 17.8 Å². The number of nitrogens with two attached hydrogens (primary N) is 1. The first kappa shape index (κ1) is 11.6. The van der Waals surface area contributed by atoms with Crippen molar-refractivity contribution in [1.29, 1.82) is 0 Å². The Hall–Kier alpha value is -1.51. The third-order valence-corrected chi connectivity index (χ3v) is 4.53. The molecule has 1 aromatic carbocycles. The molecule has 0 bridgehead atoms. The van der Waals surface area contributed by atoms with Gasteiger partial charge in [-0.15, -0.1) is 0 Å². The molecule has 2 fully saturated rings. The minimum absolute atomic E-state index is 0.275. The van der Waals surface area contributed by atoms with Gasteiger partial charge in [0.15, 0.2) is 0 Å². The fraction of sp³-hybridized carbons (Fsp3) is 0.533. The topological polar surface area (TPSA) is 46.3 Å². The average Bonchev–Trinajstić information content (AvgIpc) is 3.11. The number of carbonyl (C=O) groups excluding carboxylic acids is 1. The molecule has 0 radical (unpaired) electrons. The number of carbonyl (C=O) groups is 1. The standard InChI is InChI=1S/C15H20N2O/c1-17(11-6-4-5-10(16)9-11)15(18)14-12-7-2-3-8-13(12)14/h4-6,9,12-14H,2-3,7-8,16H2,1H3. The van der Waals surface area contributed by atoms with Crippen LogP contribution in [0.4, 0.5) is 11.4 Å². The molecule has 3 nitrogen and oxygen atoms in total. The molecule has 1 aromatic rings.